The first-order valence-corrected chi connectivity index (χ1v) is 5.83. The van der Waals surface area contributed by atoms with E-state index in [0.717, 1.165) is 10.4 Å². The van der Waals surface area contributed by atoms with Gasteiger partial charge in [0.2, 0.25) is 0 Å². The zero-order chi connectivity index (χ0) is 8.93. The molecule has 12 heavy (non-hydrogen) atoms. The average molecular weight is 203 g/mol. The number of fused-ring (bicyclic) bond motifs is 1. The zero-order valence-electron chi connectivity index (χ0n) is 6.86. The first kappa shape index (κ1) is 8.22. The highest BCUT2D eigenvalue weighted by Crippen LogP contribution is 2.35. The Balaban J connectivity index is 2.69. The van der Waals surface area contributed by atoms with Gasteiger partial charge < -0.3 is 0 Å². The molecule has 0 spiro atoms. The summed E-state index contributed by atoms with van der Waals surface area (Å²) in [7, 11) is -1.50. The minimum absolute atomic E-state index is 0.530. The Hall–Kier alpha value is -0.390. The number of thiophene rings is 1. The van der Waals surface area contributed by atoms with Crippen LogP contribution in [0.15, 0.2) is 10.3 Å². The summed E-state index contributed by atoms with van der Waals surface area (Å²) in [5.41, 5.74) is 0.944. The summed E-state index contributed by atoms with van der Waals surface area (Å²) >= 11 is 1.36. The second kappa shape index (κ2) is 2.31. The van der Waals surface area contributed by atoms with Gasteiger partial charge in [-0.2, -0.15) is 4.31 Å². The Labute approximate surface area is 75.7 Å². The summed E-state index contributed by atoms with van der Waals surface area (Å²) < 4.78 is 25.0. The van der Waals surface area contributed by atoms with E-state index in [1.807, 2.05) is 13.0 Å². The number of aryl methyl sites for hydroxylation is 1. The molecule has 0 aliphatic carbocycles. The third-order valence-corrected chi connectivity index (χ3v) is 5.38. The Bertz CT molecular complexity index is 419. The molecule has 0 saturated carbocycles. The maximum absolute atomic E-state index is 11.5. The van der Waals surface area contributed by atoms with Crippen LogP contribution in [0.25, 0.3) is 0 Å². The molecule has 0 aromatic carbocycles. The van der Waals surface area contributed by atoms with Gasteiger partial charge >= 0.3 is 0 Å². The van der Waals surface area contributed by atoms with Crippen molar-refractivity contribution < 1.29 is 8.42 Å². The molecule has 2 rings (SSSR count). The number of hydrogen-bond donors (Lipinski definition) is 0. The highest BCUT2D eigenvalue weighted by atomic mass is 32.2. The van der Waals surface area contributed by atoms with Crippen molar-refractivity contribution in [2.24, 2.45) is 0 Å². The molecule has 0 bridgehead atoms. The number of hydrogen-bond acceptors (Lipinski definition) is 3. The third kappa shape index (κ3) is 0.935. The van der Waals surface area contributed by atoms with Crippen molar-refractivity contribution in [1.29, 1.82) is 0 Å². The van der Waals surface area contributed by atoms with Crippen LogP contribution in [0.1, 0.15) is 10.4 Å². The molecule has 1 aromatic rings. The molecule has 1 aromatic heterocycles. The Morgan fingerprint density at radius 2 is 2.25 bits per heavy atom. The third-order valence-electron chi connectivity index (χ3n) is 1.93. The number of sulfonamides is 1. The standard InChI is InChI=1S/C7H9NO2S2/c1-5-3-6-4-8(2)12(9,10)7(6)11-5/h3H,4H2,1-2H3. The van der Waals surface area contributed by atoms with Crippen LogP contribution in [0.2, 0.25) is 0 Å². The van der Waals surface area contributed by atoms with Crippen LogP contribution in [0.3, 0.4) is 0 Å². The maximum atomic E-state index is 11.5. The normalized spacial score (nSPS) is 21.2. The van der Waals surface area contributed by atoms with Gasteiger partial charge in [-0.3, -0.25) is 0 Å². The van der Waals surface area contributed by atoms with Gasteiger partial charge in [0, 0.05) is 18.5 Å². The van der Waals surface area contributed by atoms with Crippen molar-refractivity contribution >= 4 is 21.4 Å². The quantitative estimate of drug-likeness (QED) is 0.635. The molecule has 0 amide bonds. The predicted octanol–water partition coefficient (Wildman–Crippen LogP) is 1.19. The van der Waals surface area contributed by atoms with E-state index in [9.17, 15) is 8.42 Å². The molecule has 3 nitrogen and oxygen atoms in total. The van der Waals surface area contributed by atoms with E-state index in [4.69, 9.17) is 0 Å². The van der Waals surface area contributed by atoms with Crippen LogP contribution in [0, 0.1) is 6.92 Å². The van der Waals surface area contributed by atoms with Crippen LogP contribution in [0.4, 0.5) is 0 Å². The maximum Gasteiger partial charge on any atom is 0.252 e. The van der Waals surface area contributed by atoms with Gasteiger partial charge in [0.1, 0.15) is 4.21 Å². The molecule has 0 saturated heterocycles. The topological polar surface area (TPSA) is 37.4 Å². The lowest BCUT2D eigenvalue weighted by Gasteiger charge is -2.04. The highest BCUT2D eigenvalue weighted by molar-refractivity contribution is 7.91. The smallest absolute Gasteiger partial charge is 0.206 e. The van der Waals surface area contributed by atoms with Gasteiger partial charge in [-0.25, -0.2) is 8.42 Å². The summed E-state index contributed by atoms with van der Waals surface area (Å²) in [6, 6.07) is 1.95. The lowest BCUT2D eigenvalue weighted by atomic mass is 10.3. The summed E-state index contributed by atoms with van der Waals surface area (Å²) in [6.45, 7) is 2.46. The Morgan fingerprint density at radius 1 is 1.58 bits per heavy atom. The zero-order valence-corrected chi connectivity index (χ0v) is 8.50. The molecule has 0 unspecified atom stereocenters. The largest absolute Gasteiger partial charge is 0.252 e. The van der Waals surface area contributed by atoms with E-state index in [0.29, 0.717) is 10.8 Å². The molecule has 5 heteroatoms. The fourth-order valence-corrected chi connectivity index (χ4v) is 4.33. The van der Waals surface area contributed by atoms with Crippen LogP contribution in [-0.4, -0.2) is 19.8 Å². The fraction of sp³-hybridized carbons (Fsp3) is 0.429. The van der Waals surface area contributed by atoms with Crippen molar-refractivity contribution in [2.45, 2.75) is 17.7 Å². The van der Waals surface area contributed by atoms with Crippen molar-refractivity contribution in [2.75, 3.05) is 7.05 Å². The van der Waals surface area contributed by atoms with E-state index >= 15 is 0 Å². The van der Waals surface area contributed by atoms with Crippen LogP contribution < -0.4 is 0 Å². The van der Waals surface area contributed by atoms with Crippen molar-refractivity contribution in [3.63, 3.8) is 0 Å². The van der Waals surface area contributed by atoms with Gasteiger partial charge in [0.05, 0.1) is 0 Å². The molecule has 0 N–H and O–H groups in total. The van der Waals surface area contributed by atoms with Gasteiger partial charge in [-0.15, -0.1) is 11.3 Å². The van der Waals surface area contributed by atoms with Crippen LogP contribution in [0.5, 0.6) is 0 Å². The van der Waals surface area contributed by atoms with E-state index in [-0.39, 0.29) is 0 Å². The average Bonchev–Trinajstić information content (AvgIpc) is 2.38. The van der Waals surface area contributed by atoms with E-state index in [1.54, 1.807) is 7.05 Å². The number of rotatable bonds is 0. The molecule has 66 valence electrons. The van der Waals surface area contributed by atoms with Crippen molar-refractivity contribution in [3.05, 3.63) is 16.5 Å². The lowest BCUT2D eigenvalue weighted by molar-refractivity contribution is 0.488. The predicted molar refractivity (Wildman–Crippen MR) is 47.7 cm³/mol. The van der Waals surface area contributed by atoms with E-state index in [1.165, 1.54) is 15.6 Å². The summed E-state index contributed by atoms with van der Waals surface area (Å²) in [6.07, 6.45) is 0. The van der Waals surface area contributed by atoms with Crippen molar-refractivity contribution in [1.82, 2.24) is 4.31 Å². The minimum atomic E-state index is -3.11. The second-order valence-electron chi connectivity index (χ2n) is 2.93. The fourth-order valence-electron chi connectivity index (χ4n) is 1.34. The lowest BCUT2D eigenvalue weighted by Crippen LogP contribution is -2.18. The van der Waals surface area contributed by atoms with Crippen LogP contribution >= 0.6 is 11.3 Å². The first-order valence-electron chi connectivity index (χ1n) is 3.57. The monoisotopic (exact) mass is 203 g/mol. The van der Waals surface area contributed by atoms with Crippen molar-refractivity contribution in [3.8, 4) is 0 Å². The second-order valence-corrected chi connectivity index (χ2v) is 6.43. The van der Waals surface area contributed by atoms with Gasteiger partial charge in [0.25, 0.3) is 10.0 Å². The van der Waals surface area contributed by atoms with E-state index < -0.39 is 10.0 Å². The summed E-state index contributed by atoms with van der Waals surface area (Å²) in [5, 5.41) is 0. The molecular weight excluding hydrogens is 194 g/mol. The summed E-state index contributed by atoms with van der Waals surface area (Å²) in [5.74, 6) is 0. The molecule has 0 radical (unpaired) electrons. The minimum Gasteiger partial charge on any atom is -0.206 e. The molecule has 0 fully saturated rings. The Morgan fingerprint density at radius 3 is 2.83 bits per heavy atom. The van der Waals surface area contributed by atoms with Crippen LogP contribution in [-0.2, 0) is 16.6 Å². The molecule has 1 aliphatic rings. The SMILES string of the molecule is Cc1cc2c(s1)S(=O)(=O)N(C)C2. The molecule has 0 atom stereocenters. The molecular formula is C7H9NO2S2. The Kier molecular flexibility index (Phi) is 1.58. The summed E-state index contributed by atoms with van der Waals surface area (Å²) in [4.78, 5) is 1.07. The number of nitrogens with zero attached hydrogens (tertiary/aromatic N) is 1. The van der Waals surface area contributed by atoms with Gasteiger partial charge in [-0.05, 0) is 18.6 Å². The molecule has 2 heterocycles. The van der Waals surface area contributed by atoms with E-state index in [2.05, 4.69) is 0 Å². The highest BCUT2D eigenvalue weighted by Gasteiger charge is 2.33. The van der Waals surface area contributed by atoms with Gasteiger partial charge in [-0.1, -0.05) is 0 Å². The molecule has 1 aliphatic heterocycles. The van der Waals surface area contributed by atoms with Gasteiger partial charge in [0.15, 0.2) is 0 Å². The first-order chi connectivity index (χ1) is 5.51.